The highest BCUT2D eigenvalue weighted by atomic mass is 32.2. The van der Waals surface area contributed by atoms with Crippen LogP contribution in [0.3, 0.4) is 0 Å². The van der Waals surface area contributed by atoms with E-state index in [2.05, 4.69) is 0 Å². The van der Waals surface area contributed by atoms with Gasteiger partial charge >= 0.3 is 24.7 Å². The molecule has 0 aliphatic rings. The Morgan fingerprint density at radius 3 is 1.91 bits per heavy atom. The number of halogens is 14. The molecule has 0 heterocycles. The number of carbonyl (C=O) groups is 1. The van der Waals surface area contributed by atoms with E-state index in [-0.39, 0.29) is 36.4 Å². The molecular weight excluding hydrogens is 648 g/mol. The number of hydrogen-bond acceptors (Lipinski definition) is 3. The highest BCUT2D eigenvalue weighted by Gasteiger charge is 2.43. The van der Waals surface area contributed by atoms with Gasteiger partial charge in [-0.25, -0.2) is 17.2 Å². The number of carbonyl (C=O) groups excluding carboxylic acids is 1. The largest absolute Gasteiger partial charge is 0.419 e. The van der Waals surface area contributed by atoms with Crippen LogP contribution in [0, 0.1) is 5.82 Å². The van der Waals surface area contributed by atoms with E-state index < -0.39 is 103 Å². The van der Waals surface area contributed by atoms with E-state index in [1.54, 1.807) is 5.32 Å². The second-order valence-electron chi connectivity index (χ2n) is 9.07. The number of benzene rings is 2. The molecule has 1 N–H and O–H groups in total. The highest BCUT2D eigenvalue weighted by Crippen LogP contribution is 2.42. The van der Waals surface area contributed by atoms with Crippen molar-refractivity contribution in [3.05, 3.63) is 76.1 Å². The van der Waals surface area contributed by atoms with Crippen molar-refractivity contribution in [3.63, 3.8) is 0 Å². The maximum Gasteiger partial charge on any atom is 0.419 e. The molecule has 0 radical (unpaired) electrons. The number of amides is 1. The van der Waals surface area contributed by atoms with Gasteiger partial charge in [0.25, 0.3) is 5.91 Å². The Morgan fingerprint density at radius 1 is 0.860 bits per heavy atom. The maximum atomic E-state index is 14.9. The summed E-state index contributed by atoms with van der Waals surface area (Å²) in [6.45, 7) is 0.854. The molecule has 1 amide bonds. The standard InChI is InChI=1S/C24H17F14NO3S/c1-11(9-43(41,42)10-21(27,28)29)39-20(40)14-4-2-13(7-16(14)23(33,34)35)19(26)8-15(22(30,31)32)12-3-5-18(25)17(6-12)24(36,37)38/h2-8,11,15H,9-10H2,1H3,(H,39,40)/b19-8-/t11-,15?/m1/s1. The molecule has 0 aliphatic heterocycles. The van der Waals surface area contributed by atoms with Gasteiger partial charge in [0.1, 0.15) is 23.3 Å². The van der Waals surface area contributed by atoms with E-state index in [9.17, 15) is 74.7 Å². The first-order chi connectivity index (χ1) is 19.2. The first kappa shape index (κ1) is 35.8. The van der Waals surface area contributed by atoms with Crippen LogP contribution in [0.5, 0.6) is 0 Å². The molecule has 0 fully saturated rings. The summed E-state index contributed by atoms with van der Waals surface area (Å²) >= 11 is 0. The third-order valence-corrected chi connectivity index (χ3v) is 7.21. The van der Waals surface area contributed by atoms with Crippen molar-refractivity contribution < 1.29 is 74.7 Å². The van der Waals surface area contributed by atoms with Gasteiger partial charge in [0, 0.05) is 11.6 Å². The summed E-state index contributed by atoms with van der Waals surface area (Å²) in [5.74, 6) is -12.5. The fourth-order valence-corrected chi connectivity index (χ4v) is 5.20. The normalized spacial score (nSPS) is 15.3. The van der Waals surface area contributed by atoms with Gasteiger partial charge in [-0.2, -0.15) is 52.7 Å². The monoisotopic (exact) mass is 665 g/mol. The average molecular weight is 665 g/mol. The molecule has 0 aliphatic carbocycles. The molecule has 19 heteroatoms. The van der Waals surface area contributed by atoms with E-state index >= 15 is 0 Å². The molecule has 2 rings (SSSR count). The zero-order valence-corrected chi connectivity index (χ0v) is 21.9. The summed E-state index contributed by atoms with van der Waals surface area (Å²) in [5.41, 5.74) is -7.93. The summed E-state index contributed by atoms with van der Waals surface area (Å²) in [5, 5.41) is 1.73. The molecule has 2 aromatic carbocycles. The van der Waals surface area contributed by atoms with Crippen molar-refractivity contribution in [3.8, 4) is 0 Å². The van der Waals surface area contributed by atoms with Crippen LogP contribution in [-0.2, 0) is 22.2 Å². The van der Waals surface area contributed by atoms with Gasteiger partial charge < -0.3 is 5.32 Å². The molecule has 0 saturated carbocycles. The van der Waals surface area contributed by atoms with Crippen LogP contribution < -0.4 is 5.32 Å². The molecule has 0 aromatic heterocycles. The van der Waals surface area contributed by atoms with Gasteiger partial charge in [-0.15, -0.1) is 0 Å². The zero-order chi connectivity index (χ0) is 33.3. The van der Waals surface area contributed by atoms with Crippen molar-refractivity contribution in [2.75, 3.05) is 11.5 Å². The highest BCUT2D eigenvalue weighted by molar-refractivity contribution is 7.91. The van der Waals surface area contributed by atoms with E-state index in [1.807, 2.05) is 0 Å². The first-order valence-corrected chi connectivity index (χ1v) is 13.1. The van der Waals surface area contributed by atoms with Gasteiger partial charge in [0.2, 0.25) is 0 Å². The van der Waals surface area contributed by atoms with Crippen LogP contribution >= 0.6 is 0 Å². The quantitative estimate of drug-likeness (QED) is 0.296. The van der Waals surface area contributed by atoms with Gasteiger partial charge in [-0.05, 0) is 42.8 Å². The topological polar surface area (TPSA) is 63.2 Å². The average Bonchev–Trinajstić information content (AvgIpc) is 2.78. The lowest BCUT2D eigenvalue weighted by molar-refractivity contribution is -0.143. The zero-order valence-electron chi connectivity index (χ0n) is 21.0. The second-order valence-corrected chi connectivity index (χ2v) is 11.2. The molecule has 43 heavy (non-hydrogen) atoms. The molecule has 2 atom stereocenters. The minimum atomic E-state index is -5.52. The molecule has 0 bridgehead atoms. The maximum absolute atomic E-state index is 14.9. The second kappa shape index (κ2) is 12.3. The van der Waals surface area contributed by atoms with Crippen molar-refractivity contribution in [1.29, 1.82) is 0 Å². The minimum absolute atomic E-state index is 0.0349. The van der Waals surface area contributed by atoms with Crippen LogP contribution in [-0.4, -0.2) is 44.2 Å². The number of rotatable bonds is 8. The molecule has 2 aromatic rings. The van der Waals surface area contributed by atoms with Crippen molar-refractivity contribution >= 4 is 21.6 Å². The molecular formula is C24H17F14NO3S. The van der Waals surface area contributed by atoms with E-state index in [0.29, 0.717) is 6.07 Å². The van der Waals surface area contributed by atoms with Gasteiger partial charge in [-0.1, -0.05) is 12.1 Å². The summed E-state index contributed by atoms with van der Waals surface area (Å²) in [6, 6.07) is -1.07. The Kier molecular flexibility index (Phi) is 10.3. The van der Waals surface area contributed by atoms with Crippen LogP contribution in [0.15, 0.2) is 42.5 Å². The van der Waals surface area contributed by atoms with Crippen LogP contribution in [0.2, 0.25) is 0 Å². The summed E-state index contributed by atoms with van der Waals surface area (Å²) in [6.07, 6.45) is -22.0. The Morgan fingerprint density at radius 2 is 1.42 bits per heavy atom. The number of allylic oxidation sites excluding steroid dienone is 1. The SMILES string of the molecule is C[C@H](CS(=O)(=O)CC(F)(F)F)NC(=O)c1ccc(/C(F)=C/C(c2ccc(F)c(C(F)(F)F)c2)C(F)(F)F)cc1C(F)(F)F. The number of hydrogen-bond donors (Lipinski definition) is 1. The van der Waals surface area contributed by atoms with E-state index in [0.717, 1.165) is 6.92 Å². The number of alkyl halides is 12. The van der Waals surface area contributed by atoms with Crippen LogP contribution in [0.1, 0.15) is 45.5 Å². The number of nitrogens with one attached hydrogen (secondary N) is 1. The Balaban J connectivity index is 2.49. The number of sulfone groups is 1. The Bertz CT molecular complexity index is 1470. The lowest BCUT2D eigenvalue weighted by Gasteiger charge is -2.20. The fraction of sp³-hybridized carbons (Fsp3) is 0.375. The predicted molar refractivity (Wildman–Crippen MR) is 122 cm³/mol. The Labute approximate surface area is 233 Å². The minimum Gasteiger partial charge on any atom is -0.349 e. The van der Waals surface area contributed by atoms with Crippen molar-refractivity contribution in [2.24, 2.45) is 0 Å². The van der Waals surface area contributed by atoms with Crippen molar-refractivity contribution in [2.45, 2.75) is 43.6 Å². The molecule has 4 nitrogen and oxygen atoms in total. The smallest absolute Gasteiger partial charge is 0.349 e. The lowest BCUT2D eigenvalue weighted by Crippen LogP contribution is -2.40. The predicted octanol–water partition coefficient (Wildman–Crippen LogP) is 7.62. The molecule has 240 valence electrons. The molecule has 0 spiro atoms. The third-order valence-electron chi connectivity index (χ3n) is 5.43. The molecule has 0 saturated heterocycles. The van der Waals surface area contributed by atoms with Gasteiger partial charge in [0.05, 0.1) is 22.4 Å². The van der Waals surface area contributed by atoms with Crippen molar-refractivity contribution in [1.82, 2.24) is 5.32 Å². The van der Waals surface area contributed by atoms with Crippen LogP contribution in [0.25, 0.3) is 5.83 Å². The fourth-order valence-electron chi connectivity index (χ4n) is 3.73. The summed E-state index contributed by atoms with van der Waals surface area (Å²) in [4.78, 5) is 12.4. The third kappa shape index (κ3) is 10.1. The lowest BCUT2D eigenvalue weighted by atomic mass is 9.94. The van der Waals surface area contributed by atoms with E-state index in [4.69, 9.17) is 0 Å². The van der Waals surface area contributed by atoms with Gasteiger partial charge in [-0.3, -0.25) is 4.79 Å². The van der Waals surface area contributed by atoms with Gasteiger partial charge in [0.15, 0.2) is 9.84 Å². The summed E-state index contributed by atoms with van der Waals surface area (Å²) < 4.78 is 210. The van der Waals surface area contributed by atoms with Crippen LogP contribution in [0.4, 0.5) is 61.5 Å². The summed E-state index contributed by atoms with van der Waals surface area (Å²) in [7, 11) is -4.88. The van der Waals surface area contributed by atoms with E-state index in [1.165, 1.54) is 0 Å². The Hall–Kier alpha value is -3.38. The first-order valence-electron chi connectivity index (χ1n) is 11.3. The molecule has 1 unspecified atom stereocenters.